The lowest BCUT2D eigenvalue weighted by atomic mass is 9.75. The first-order chi connectivity index (χ1) is 15.0. The molecule has 0 spiro atoms. The van der Waals surface area contributed by atoms with E-state index in [4.69, 9.17) is 10.5 Å². The molecule has 3 N–H and O–H groups in total. The molecule has 1 fully saturated rings. The number of carbonyl (C=O) groups excluding carboxylic acids is 2. The summed E-state index contributed by atoms with van der Waals surface area (Å²) >= 11 is 0. The van der Waals surface area contributed by atoms with E-state index < -0.39 is 34.5 Å². The van der Waals surface area contributed by atoms with E-state index in [1.807, 2.05) is 0 Å². The molecule has 2 aromatic heterocycles. The van der Waals surface area contributed by atoms with E-state index in [0.717, 1.165) is 10.9 Å². The third kappa shape index (κ3) is 4.18. The Morgan fingerprint density at radius 2 is 1.97 bits per heavy atom. The van der Waals surface area contributed by atoms with Crippen molar-refractivity contribution in [3.05, 3.63) is 28.8 Å². The Hall–Kier alpha value is -3.02. The second kappa shape index (κ2) is 7.84. The number of anilines is 1. The van der Waals surface area contributed by atoms with Crippen LogP contribution in [0.3, 0.4) is 0 Å². The molecule has 1 amide bonds. The molecule has 1 aliphatic carbocycles. The van der Waals surface area contributed by atoms with Gasteiger partial charge in [0.05, 0.1) is 17.5 Å². The Labute approximate surface area is 181 Å². The second-order valence-corrected chi connectivity index (χ2v) is 8.84. The van der Waals surface area contributed by atoms with Gasteiger partial charge in [-0.05, 0) is 24.7 Å². The normalized spacial score (nSPS) is 19.0. The average molecular weight is 452 g/mol. The Kier molecular flexibility index (Phi) is 5.43. The minimum Gasteiger partial charge on any atom is -0.381 e. The molecule has 2 aromatic rings. The van der Waals surface area contributed by atoms with Gasteiger partial charge in [0, 0.05) is 25.7 Å². The zero-order valence-electron chi connectivity index (χ0n) is 17.6. The van der Waals surface area contributed by atoms with Crippen LogP contribution in [0.15, 0.2) is 6.20 Å². The SMILES string of the molecule is CC1(C)CC(=O)c2c(C(F)(F)F)nn(-c3cnc(C(N)=O)c(NC4CCOCC4)n3)c2C1. The molecule has 0 bridgehead atoms. The van der Waals surface area contributed by atoms with Crippen molar-refractivity contribution in [2.75, 3.05) is 18.5 Å². The van der Waals surface area contributed by atoms with E-state index in [9.17, 15) is 22.8 Å². The van der Waals surface area contributed by atoms with Gasteiger partial charge in [0.2, 0.25) is 0 Å². The van der Waals surface area contributed by atoms with Crippen LogP contribution >= 0.6 is 0 Å². The molecule has 3 heterocycles. The number of alkyl halides is 3. The molecular formula is C20H23F3N6O3. The number of ketones is 1. The van der Waals surface area contributed by atoms with Gasteiger partial charge in [-0.3, -0.25) is 9.59 Å². The number of primary amides is 1. The van der Waals surface area contributed by atoms with Crippen molar-refractivity contribution in [1.82, 2.24) is 19.7 Å². The molecule has 1 saturated heterocycles. The summed E-state index contributed by atoms with van der Waals surface area (Å²) in [5, 5.41) is 6.81. The first-order valence-electron chi connectivity index (χ1n) is 10.2. The van der Waals surface area contributed by atoms with Crippen molar-refractivity contribution in [2.45, 2.75) is 51.7 Å². The van der Waals surface area contributed by atoms with E-state index in [0.29, 0.717) is 26.1 Å². The number of aromatic nitrogens is 4. The van der Waals surface area contributed by atoms with Gasteiger partial charge in [-0.2, -0.15) is 18.3 Å². The number of nitrogens with one attached hydrogen (secondary N) is 1. The first-order valence-corrected chi connectivity index (χ1v) is 10.2. The van der Waals surface area contributed by atoms with E-state index in [1.54, 1.807) is 13.8 Å². The Balaban J connectivity index is 1.83. The van der Waals surface area contributed by atoms with Crippen LogP contribution in [0.1, 0.15) is 65.3 Å². The molecule has 1 aliphatic heterocycles. The molecule has 0 saturated carbocycles. The lowest BCUT2D eigenvalue weighted by molar-refractivity contribution is -0.141. The Morgan fingerprint density at radius 3 is 2.59 bits per heavy atom. The molecule has 2 aliphatic rings. The largest absolute Gasteiger partial charge is 0.435 e. The highest BCUT2D eigenvalue weighted by atomic mass is 19.4. The van der Waals surface area contributed by atoms with Crippen LogP contribution in [0, 0.1) is 5.41 Å². The fourth-order valence-corrected chi connectivity index (χ4v) is 4.13. The molecule has 172 valence electrons. The van der Waals surface area contributed by atoms with Gasteiger partial charge in [-0.1, -0.05) is 13.8 Å². The Bertz CT molecular complexity index is 1070. The smallest absolute Gasteiger partial charge is 0.381 e. The summed E-state index contributed by atoms with van der Waals surface area (Å²) in [4.78, 5) is 32.8. The number of hydrogen-bond acceptors (Lipinski definition) is 7. The van der Waals surface area contributed by atoms with Crippen LogP contribution in [0.25, 0.3) is 5.82 Å². The molecular weight excluding hydrogens is 429 g/mol. The van der Waals surface area contributed by atoms with Gasteiger partial charge in [-0.25, -0.2) is 14.6 Å². The lowest BCUT2D eigenvalue weighted by Gasteiger charge is -2.29. The van der Waals surface area contributed by atoms with Crippen molar-refractivity contribution >= 4 is 17.5 Å². The summed E-state index contributed by atoms with van der Waals surface area (Å²) in [6, 6.07) is -0.0656. The van der Waals surface area contributed by atoms with Crippen molar-refractivity contribution in [3.63, 3.8) is 0 Å². The topological polar surface area (TPSA) is 125 Å². The average Bonchev–Trinajstić information content (AvgIpc) is 3.07. The number of nitrogens with zero attached hydrogens (tertiary/aromatic N) is 4. The molecule has 9 nitrogen and oxygen atoms in total. The zero-order valence-corrected chi connectivity index (χ0v) is 17.6. The van der Waals surface area contributed by atoms with Gasteiger partial charge in [0.25, 0.3) is 5.91 Å². The molecule has 12 heteroatoms. The Morgan fingerprint density at radius 1 is 1.28 bits per heavy atom. The van der Waals surface area contributed by atoms with Gasteiger partial charge < -0.3 is 15.8 Å². The molecule has 4 rings (SSSR count). The zero-order chi connectivity index (χ0) is 23.3. The van der Waals surface area contributed by atoms with Crippen LogP contribution < -0.4 is 11.1 Å². The standard InChI is InChI=1S/C20H23F3N6O3/c1-19(2)7-11-14(12(30)8-19)16(20(21,22)23)28-29(11)13-9-25-15(17(24)31)18(27-13)26-10-3-5-32-6-4-10/h9-10H,3-8H2,1-2H3,(H2,24,31)(H,26,27). The number of amides is 1. The maximum absolute atomic E-state index is 13.7. The number of fused-ring (bicyclic) bond motifs is 1. The third-order valence-electron chi connectivity index (χ3n) is 5.59. The van der Waals surface area contributed by atoms with E-state index >= 15 is 0 Å². The minimum atomic E-state index is -4.81. The molecule has 0 atom stereocenters. The number of ether oxygens (including phenoxy) is 1. The number of carbonyl (C=O) groups is 2. The highest BCUT2D eigenvalue weighted by Crippen LogP contribution is 2.41. The van der Waals surface area contributed by atoms with Crippen LogP contribution in [-0.4, -0.2) is 50.7 Å². The quantitative estimate of drug-likeness (QED) is 0.730. The predicted molar refractivity (Wildman–Crippen MR) is 107 cm³/mol. The summed E-state index contributed by atoms with van der Waals surface area (Å²) in [6.45, 7) is 4.65. The van der Waals surface area contributed by atoms with Gasteiger partial charge in [-0.15, -0.1) is 0 Å². The number of nitrogens with two attached hydrogens (primary N) is 1. The van der Waals surface area contributed by atoms with Gasteiger partial charge >= 0.3 is 6.18 Å². The highest BCUT2D eigenvalue weighted by molar-refractivity contribution is 6.00. The third-order valence-corrected chi connectivity index (χ3v) is 5.59. The summed E-state index contributed by atoms with van der Waals surface area (Å²) in [6.07, 6.45) is -2.19. The fraction of sp³-hybridized carbons (Fsp3) is 0.550. The summed E-state index contributed by atoms with van der Waals surface area (Å²) < 4.78 is 47.4. The molecule has 0 unspecified atom stereocenters. The van der Waals surface area contributed by atoms with Crippen molar-refractivity contribution < 1.29 is 27.5 Å². The van der Waals surface area contributed by atoms with Gasteiger partial charge in [0.15, 0.2) is 28.8 Å². The minimum absolute atomic E-state index is 0.0162. The van der Waals surface area contributed by atoms with Crippen LogP contribution in [0.2, 0.25) is 0 Å². The van der Waals surface area contributed by atoms with Crippen molar-refractivity contribution in [2.24, 2.45) is 11.1 Å². The summed E-state index contributed by atoms with van der Waals surface area (Å²) in [5.74, 6) is -1.42. The van der Waals surface area contributed by atoms with Gasteiger partial charge in [0.1, 0.15) is 0 Å². The van der Waals surface area contributed by atoms with E-state index in [1.165, 1.54) is 0 Å². The summed E-state index contributed by atoms with van der Waals surface area (Å²) in [7, 11) is 0. The fourth-order valence-electron chi connectivity index (χ4n) is 4.13. The van der Waals surface area contributed by atoms with E-state index in [-0.39, 0.29) is 41.9 Å². The van der Waals surface area contributed by atoms with Crippen LogP contribution in [0.5, 0.6) is 0 Å². The first kappa shape index (κ1) is 22.2. The van der Waals surface area contributed by atoms with E-state index in [2.05, 4.69) is 20.4 Å². The number of Topliss-reactive ketones (excluding diaryl/α,β-unsaturated/α-hetero) is 1. The van der Waals surface area contributed by atoms with Crippen LogP contribution in [-0.2, 0) is 17.3 Å². The second-order valence-electron chi connectivity index (χ2n) is 8.84. The van der Waals surface area contributed by atoms with Crippen molar-refractivity contribution in [1.29, 1.82) is 0 Å². The lowest BCUT2D eigenvalue weighted by Crippen LogP contribution is -2.30. The molecule has 0 aromatic carbocycles. The predicted octanol–water partition coefficient (Wildman–Crippen LogP) is 2.53. The molecule has 0 radical (unpaired) electrons. The van der Waals surface area contributed by atoms with Crippen LogP contribution in [0.4, 0.5) is 19.0 Å². The van der Waals surface area contributed by atoms with Crippen molar-refractivity contribution in [3.8, 4) is 5.82 Å². The highest BCUT2D eigenvalue weighted by Gasteiger charge is 2.45. The maximum Gasteiger partial charge on any atom is 0.435 e. The monoisotopic (exact) mass is 452 g/mol. The maximum atomic E-state index is 13.7. The number of halogens is 3. The summed E-state index contributed by atoms with van der Waals surface area (Å²) in [5.41, 5.74) is 3.18. The number of rotatable bonds is 4. The molecule has 32 heavy (non-hydrogen) atoms. The number of hydrogen-bond donors (Lipinski definition) is 2.